The maximum Gasteiger partial charge on any atom is 0.136 e. The van der Waals surface area contributed by atoms with Crippen LogP contribution in [0.25, 0.3) is 0 Å². The Morgan fingerprint density at radius 2 is 2.00 bits per heavy atom. The Morgan fingerprint density at radius 3 is 2.50 bits per heavy atom. The van der Waals surface area contributed by atoms with Crippen LogP contribution in [0.2, 0.25) is 0 Å². The molecule has 0 bridgehead atoms. The number of carbonyl (C=O) groups excluding carboxylic acids is 1. The quantitative estimate of drug-likeness (QED) is 0.725. The van der Waals surface area contributed by atoms with Gasteiger partial charge in [0.1, 0.15) is 11.5 Å². The van der Waals surface area contributed by atoms with Crippen LogP contribution in [-0.2, 0) is 10.2 Å². The van der Waals surface area contributed by atoms with Crippen LogP contribution in [0.3, 0.4) is 0 Å². The second-order valence-corrected chi connectivity index (χ2v) is 3.60. The summed E-state index contributed by atoms with van der Waals surface area (Å²) in [4.78, 5) is 10.9. The van der Waals surface area contributed by atoms with E-state index in [4.69, 9.17) is 5.26 Å². The number of para-hydroxylation sites is 1. The van der Waals surface area contributed by atoms with E-state index >= 15 is 0 Å². The standard InChI is InChI=1S/C11H9NO2/c12-7-11(5-8(13)6-11)9-3-1-2-4-10(9)14/h1-4,14H,5-6H2. The van der Waals surface area contributed by atoms with Gasteiger partial charge in [-0.1, -0.05) is 18.2 Å². The Labute approximate surface area is 81.6 Å². The largest absolute Gasteiger partial charge is 0.508 e. The van der Waals surface area contributed by atoms with Crippen LogP contribution in [0, 0.1) is 11.3 Å². The van der Waals surface area contributed by atoms with E-state index in [1.807, 2.05) is 0 Å². The number of hydrogen-bond donors (Lipinski definition) is 1. The molecule has 1 aliphatic rings. The topological polar surface area (TPSA) is 61.1 Å². The Hall–Kier alpha value is -1.82. The van der Waals surface area contributed by atoms with E-state index in [9.17, 15) is 9.90 Å². The number of ketones is 1. The van der Waals surface area contributed by atoms with Crippen LogP contribution in [0.15, 0.2) is 24.3 Å². The lowest BCUT2D eigenvalue weighted by molar-refractivity contribution is -0.126. The van der Waals surface area contributed by atoms with Crippen molar-refractivity contribution in [2.24, 2.45) is 0 Å². The average Bonchev–Trinajstić information content (AvgIpc) is 2.14. The van der Waals surface area contributed by atoms with Crippen molar-refractivity contribution in [1.82, 2.24) is 0 Å². The number of nitriles is 1. The van der Waals surface area contributed by atoms with Crippen molar-refractivity contribution in [3.8, 4) is 11.8 Å². The van der Waals surface area contributed by atoms with E-state index < -0.39 is 5.41 Å². The van der Waals surface area contributed by atoms with Gasteiger partial charge in [0.15, 0.2) is 0 Å². The first-order valence-electron chi connectivity index (χ1n) is 4.39. The van der Waals surface area contributed by atoms with Gasteiger partial charge in [0, 0.05) is 18.4 Å². The molecule has 0 atom stereocenters. The molecule has 2 rings (SSSR count). The zero-order chi connectivity index (χ0) is 10.2. The molecule has 0 saturated heterocycles. The summed E-state index contributed by atoms with van der Waals surface area (Å²) in [6.07, 6.45) is 0.447. The Morgan fingerprint density at radius 1 is 1.36 bits per heavy atom. The van der Waals surface area contributed by atoms with Crippen LogP contribution < -0.4 is 0 Å². The van der Waals surface area contributed by atoms with Crippen LogP contribution in [-0.4, -0.2) is 10.9 Å². The van der Waals surface area contributed by atoms with Crippen LogP contribution in [0.1, 0.15) is 18.4 Å². The fourth-order valence-corrected chi connectivity index (χ4v) is 1.83. The molecule has 1 aliphatic carbocycles. The Balaban J connectivity index is 2.45. The highest BCUT2D eigenvalue weighted by atomic mass is 16.3. The molecule has 0 heterocycles. The smallest absolute Gasteiger partial charge is 0.136 e. The molecule has 0 amide bonds. The fraction of sp³-hybridized carbons (Fsp3) is 0.273. The molecular weight excluding hydrogens is 178 g/mol. The predicted octanol–water partition coefficient (Wildman–Crippen LogP) is 1.52. The lowest BCUT2D eigenvalue weighted by atomic mass is 9.64. The molecule has 0 radical (unpaired) electrons. The van der Waals surface area contributed by atoms with Gasteiger partial charge in [0.25, 0.3) is 0 Å². The van der Waals surface area contributed by atoms with Crippen molar-refractivity contribution >= 4 is 5.78 Å². The number of phenols is 1. The minimum Gasteiger partial charge on any atom is -0.508 e. The first-order valence-corrected chi connectivity index (χ1v) is 4.39. The molecule has 1 saturated carbocycles. The number of nitrogens with zero attached hydrogens (tertiary/aromatic N) is 1. The van der Waals surface area contributed by atoms with Gasteiger partial charge in [-0.25, -0.2) is 0 Å². The monoisotopic (exact) mass is 187 g/mol. The summed E-state index contributed by atoms with van der Waals surface area (Å²) in [7, 11) is 0. The SMILES string of the molecule is N#CC1(c2ccccc2O)CC(=O)C1. The molecule has 1 N–H and O–H groups in total. The highest BCUT2D eigenvalue weighted by molar-refractivity contribution is 5.90. The van der Waals surface area contributed by atoms with Crippen molar-refractivity contribution in [3.63, 3.8) is 0 Å². The van der Waals surface area contributed by atoms with Crippen molar-refractivity contribution in [2.45, 2.75) is 18.3 Å². The third kappa shape index (κ3) is 1.08. The molecule has 0 aliphatic heterocycles. The Kier molecular flexibility index (Phi) is 1.78. The van der Waals surface area contributed by atoms with E-state index in [1.165, 1.54) is 6.07 Å². The van der Waals surface area contributed by atoms with Crippen LogP contribution >= 0.6 is 0 Å². The van der Waals surface area contributed by atoms with Gasteiger partial charge in [-0.05, 0) is 6.07 Å². The third-order valence-electron chi connectivity index (χ3n) is 2.63. The third-order valence-corrected chi connectivity index (χ3v) is 2.63. The molecule has 0 unspecified atom stereocenters. The molecule has 1 fully saturated rings. The van der Waals surface area contributed by atoms with Crippen molar-refractivity contribution in [3.05, 3.63) is 29.8 Å². The lowest BCUT2D eigenvalue weighted by Gasteiger charge is -2.34. The summed E-state index contributed by atoms with van der Waals surface area (Å²) >= 11 is 0. The molecule has 1 aromatic carbocycles. The second-order valence-electron chi connectivity index (χ2n) is 3.60. The first-order chi connectivity index (χ1) is 6.68. The van der Waals surface area contributed by atoms with Gasteiger partial charge < -0.3 is 5.11 Å². The van der Waals surface area contributed by atoms with Crippen molar-refractivity contribution in [1.29, 1.82) is 5.26 Å². The summed E-state index contributed by atoms with van der Waals surface area (Å²) in [5.41, 5.74) is -0.204. The lowest BCUT2D eigenvalue weighted by Crippen LogP contribution is -2.40. The zero-order valence-electron chi connectivity index (χ0n) is 7.53. The number of phenolic OH excluding ortho intramolecular Hbond substituents is 1. The molecule has 3 nitrogen and oxygen atoms in total. The summed E-state index contributed by atoms with van der Waals surface area (Å²) < 4.78 is 0. The zero-order valence-corrected chi connectivity index (χ0v) is 7.53. The van der Waals surface area contributed by atoms with E-state index in [0.717, 1.165) is 0 Å². The average molecular weight is 187 g/mol. The Bertz CT molecular complexity index is 423. The summed E-state index contributed by atoms with van der Waals surface area (Å²) in [6, 6.07) is 8.82. The van der Waals surface area contributed by atoms with Gasteiger partial charge >= 0.3 is 0 Å². The molecule has 70 valence electrons. The molecule has 1 aromatic rings. The second kappa shape index (κ2) is 2.85. The minimum absolute atomic E-state index is 0.0785. The fourth-order valence-electron chi connectivity index (χ4n) is 1.83. The summed E-state index contributed by atoms with van der Waals surface area (Å²) in [5.74, 6) is 0.177. The van der Waals surface area contributed by atoms with E-state index in [1.54, 1.807) is 18.2 Å². The number of benzene rings is 1. The normalized spacial score (nSPS) is 18.4. The number of aromatic hydroxyl groups is 1. The molecule has 0 aromatic heterocycles. The number of rotatable bonds is 1. The van der Waals surface area contributed by atoms with Gasteiger partial charge in [0.05, 0.1) is 11.5 Å². The molecule has 14 heavy (non-hydrogen) atoms. The van der Waals surface area contributed by atoms with Gasteiger partial charge in [-0.3, -0.25) is 4.79 Å². The summed E-state index contributed by atoms with van der Waals surface area (Å²) in [6.45, 7) is 0. The van der Waals surface area contributed by atoms with Crippen LogP contribution in [0.5, 0.6) is 5.75 Å². The summed E-state index contributed by atoms with van der Waals surface area (Å²) in [5, 5.41) is 18.6. The van der Waals surface area contributed by atoms with Gasteiger partial charge in [0.2, 0.25) is 0 Å². The molecule has 3 heteroatoms. The highest BCUT2D eigenvalue weighted by Crippen LogP contribution is 2.43. The van der Waals surface area contributed by atoms with E-state index in [-0.39, 0.29) is 24.4 Å². The van der Waals surface area contributed by atoms with Gasteiger partial charge in [-0.15, -0.1) is 0 Å². The van der Waals surface area contributed by atoms with Crippen molar-refractivity contribution < 1.29 is 9.90 Å². The maximum absolute atomic E-state index is 10.9. The first kappa shape index (κ1) is 8.76. The highest BCUT2D eigenvalue weighted by Gasteiger charge is 2.46. The van der Waals surface area contributed by atoms with Crippen LogP contribution in [0.4, 0.5) is 0 Å². The van der Waals surface area contributed by atoms with Gasteiger partial charge in [-0.2, -0.15) is 5.26 Å². The van der Waals surface area contributed by atoms with E-state index in [0.29, 0.717) is 5.56 Å². The number of Topliss-reactive ketones (excluding diaryl/α,β-unsaturated/α-hetero) is 1. The number of hydrogen-bond acceptors (Lipinski definition) is 3. The number of carbonyl (C=O) groups is 1. The minimum atomic E-state index is -0.775. The van der Waals surface area contributed by atoms with E-state index in [2.05, 4.69) is 6.07 Å². The van der Waals surface area contributed by atoms with Crippen molar-refractivity contribution in [2.75, 3.05) is 0 Å². The molecule has 0 spiro atoms. The maximum atomic E-state index is 10.9. The predicted molar refractivity (Wildman–Crippen MR) is 49.6 cm³/mol. The molecular formula is C11H9NO2.